The molecule has 1 aromatic rings. The first-order valence-corrected chi connectivity index (χ1v) is 6.93. The van der Waals surface area contributed by atoms with Gasteiger partial charge >= 0.3 is 5.97 Å². The second-order valence-electron chi connectivity index (χ2n) is 5.63. The molecule has 0 aromatic heterocycles. The van der Waals surface area contributed by atoms with Crippen molar-refractivity contribution in [3.05, 3.63) is 35.4 Å². The quantitative estimate of drug-likeness (QED) is 0.840. The summed E-state index contributed by atoms with van der Waals surface area (Å²) >= 11 is 0. The molecule has 0 bridgehead atoms. The van der Waals surface area contributed by atoms with E-state index in [9.17, 15) is 9.59 Å². The second-order valence-corrected chi connectivity index (χ2v) is 5.63. The van der Waals surface area contributed by atoms with Crippen LogP contribution in [0.5, 0.6) is 0 Å². The summed E-state index contributed by atoms with van der Waals surface area (Å²) in [5, 5.41) is 11.3. The lowest BCUT2D eigenvalue weighted by molar-refractivity contribution is -0.141. The van der Waals surface area contributed by atoms with E-state index in [-0.39, 0.29) is 11.8 Å². The predicted octanol–water partition coefficient (Wildman–Crippen LogP) is 2.58. The maximum atomic E-state index is 11.9. The van der Waals surface area contributed by atoms with Crippen molar-refractivity contribution in [1.82, 2.24) is 5.32 Å². The van der Waals surface area contributed by atoms with Crippen molar-refractivity contribution in [3.8, 4) is 0 Å². The van der Waals surface area contributed by atoms with Gasteiger partial charge in [-0.15, -0.1) is 0 Å². The van der Waals surface area contributed by atoms with E-state index in [1.807, 2.05) is 24.3 Å². The summed E-state index contributed by atoms with van der Waals surface area (Å²) in [5.41, 5.74) is 2.14. The number of hydrogen-bond acceptors (Lipinski definition) is 2. The minimum absolute atomic E-state index is 0.267. The molecule has 0 aliphatic carbocycles. The molecule has 0 unspecified atom stereocenters. The number of nitrogens with one attached hydrogen (secondary N) is 1. The number of hydrogen-bond donors (Lipinski definition) is 2. The summed E-state index contributed by atoms with van der Waals surface area (Å²) in [6, 6.07) is 7.06. The van der Waals surface area contributed by atoms with E-state index in [1.54, 1.807) is 6.92 Å². The van der Waals surface area contributed by atoms with Crippen LogP contribution in [0.25, 0.3) is 0 Å². The molecule has 0 spiro atoms. The monoisotopic (exact) mass is 277 g/mol. The highest BCUT2D eigenvalue weighted by Crippen LogP contribution is 2.17. The Bertz CT molecular complexity index is 465. The summed E-state index contributed by atoms with van der Waals surface area (Å²) in [4.78, 5) is 22.7. The summed E-state index contributed by atoms with van der Waals surface area (Å²) < 4.78 is 0. The highest BCUT2D eigenvalue weighted by Gasteiger charge is 2.20. The summed E-state index contributed by atoms with van der Waals surface area (Å²) in [7, 11) is 0. The van der Waals surface area contributed by atoms with Crippen LogP contribution in [0.2, 0.25) is 0 Å². The van der Waals surface area contributed by atoms with Gasteiger partial charge in [-0.1, -0.05) is 38.1 Å². The molecule has 0 fully saturated rings. The van der Waals surface area contributed by atoms with Crippen LogP contribution in [0.4, 0.5) is 0 Å². The van der Waals surface area contributed by atoms with Gasteiger partial charge in [0.2, 0.25) is 5.91 Å². The van der Waals surface area contributed by atoms with E-state index in [2.05, 4.69) is 19.2 Å². The topological polar surface area (TPSA) is 66.4 Å². The van der Waals surface area contributed by atoms with E-state index in [1.165, 1.54) is 12.5 Å². The Kier molecular flexibility index (Phi) is 5.74. The first kappa shape index (κ1) is 16.2. The Morgan fingerprint density at radius 3 is 2.10 bits per heavy atom. The van der Waals surface area contributed by atoms with E-state index in [0.717, 1.165) is 12.0 Å². The van der Waals surface area contributed by atoms with E-state index < -0.39 is 12.0 Å². The van der Waals surface area contributed by atoms with Crippen molar-refractivity contribution in [1.29, 1.82) is 0 Å². The minimum atomic E-state index is -1.03. The van der Waals surface area contributed by atoms with Gasteiger partial charge in [0.05, 0.1) is 5.92 Å². The maximum absolute atomic E-state index is 11.9. The van der Waals surface area contributed by atoms with Crippen LogP contribution in [0.15, 0.2) is 24.3 Å². The van der Waals surface area contributed by atoms with Gasteiger partial charge in [-0.2, -0.15) is 0 Å². The zero-order valence-electron chi connectivity index (χ0n) is 12.5. The highest BCUT2D eigenvalue weighted by atomic mass is 16.4. The average Bonchev–Trinajstić information content (AvgIpc) is 2.37. The Balaban J connectivity index is 2.69. The molecular weight excluding hydrogens is 254 g/mol. The molecule has 4 nitrogen and oxygen atoms in total. The van der Waals surface area contributed by atoms with Crippen molar-refractivity contribution in [2.75, 3.05) is 0 Å². The summed E-state index contributed by atoms with van der Waals surface area (Å²) in [6.07, 6.45) is 1.01. The summed E-state index contributed by atoms with van der Waals surface area (Å²) in [5.74, 6) is -1.06. The van der Waals surface area contributed by atoms with Crippen LogP contribution in [-0.4, -0.2) is 23.0 Å². The molecule has 4 heteroatoms. The van der Waals surface area contributed by atoms with E-state index in [4.69, 9.17) is 5.11 Å². The second kappa shape index (κ2) is 7.08. The minimum Gasteiger partial charge on any atom is -0.480 e. The molecule has 2 atom stereocenters. The Labute approximate surface area is 120 Å². The Morgan fingerprint density at radius 2 is 1.65 bits per heavy atom. The Morgan fingerprint density at radius 1 is 1.10 bits per heavy atom. The van der Waals surface area contributed by atoms with Gasteiger partial charge < -0.3 is 10.4 Å². The lowest BCUT2D eigenvalue weighted by Gasteiger charge is -2.15. The number of aliphatic carboxylic acids is 1. The average molecular weight is 277 g/mol. The zero-order chi connectivity index (χ0) is 15.3. The van der Waals surface area contributed by atoms with Crippen molar-refractivity contribution < 1.29 is 14.7 Å². The van der Waals surface area contributed by atoms with Crippen LogP contribution < -0.4 is 5.32 Å². The lowest BCUT2D eigenvalue weighted by atomic mass is 9.96. The predicted molar refractivity (Wildman–Crippen MR) is 78.6 cm³/mol. The zero-order valence-corrected chi connectivity index (χ0v) is 12.5. The number of benzene rings is 1. The number of carboxylic acids is 1. The molecule has 0 aliphatic rings. The fourth-order valence-electron chi connectivity index (χ4n) is 1.97. The van der Waals surface area contributed by atoms with Crippen molar-refractivity contribution in [3.63, 3.8) is 0 Å². The van der Waals surface area contributed by atoms with Crippen LogP contribution in [0.1, 0.15) is 44.7 Å². The molecule has 110 valence electrons. The first-order chi connectivity index (χ1) is 9.31. The number of amides is 1. The molecule has 20 heavy (non-hydrogen) atoms. The van der Waals surface area contributed by atoms with Crippen molar-refractivity contribution in [2.45, 2.75) is 46.1 Å². The van der Waals surface area contributed by atoms with Gasteiger partial charge in [0.25, 0.3) is 0 Å². The fourth-order valence-corrected chi connectivity index (χ4v) is 1.97. The van der Waals surface area contributed by atoms with Gasteiger partial charge in [-0.3, -0.25) is 9.59 Å². The van der Waals surface area contributed by atoms with Gasteiger partial charge in [-0.25, -0.2) is 0 Å². The highest BCUT2D eigenvalue weighted by molar-refractivity contribution is 5.87. The molecule has 0 radical (unpaired) electrons. The molecule has 2 N–H and O–H groups in total. The molecule has 0 aliphatic heterocycles. The van der Waals surface area contributed by atoms with Crippen LogP contribution in [0.3, 0.4) is 0 Å². The normalized spacial score (nSPS) is 13.8. The molecule has 1 amide bonds. The molecule has 1 aromatic carbocycles. The molecular formula is C16H23NO3. The summed E-state index contributed by atoms with van der Waals surface area (Å²) in [6.45, 7) is 7.56. The third kappa shape index (κ3) is 4.68. The molecule has 1 rings (SSSR count). The van der Waals surface area contributed by atoms with Crippen molar-refractivity contribution >= 4 is 11.9 Å². The Hall–Kier alpha value is -1.84. The van der Waals surface area contributed by atoms with Crippen LogP contribution in [0, 0.1) is 5.92 Å². The van der Waals surface area contributed by atoms with Crippen molar-refractivity contribution in [2.24, 2.45) is 5.92 Å². The van der Waals surface area contributed by atoms with E-state index >= 15 is 0 Å². The first-order valence-electron chi connectivity index (χ1n) is 6.93. The van der Waals surface area contributed by atoms with Gasteiger partial charge in [0, 0.05) is 0 Å². The van der Waals surface area contributed by atoms with E-state index in [0.29, 0.717) is 5.92 Å². The van der Waals surface area contributed by atoms with Crippen LogP contribution in [-0.2, 0) is 16.0 Å². The van der Waals surface area contributed by atoms with Gasteiger partial charge in [-0.05, 0) is 37.3 Å². The number of carbonyl (C=O) groups excluding carboxylic acids is 1. The lowest BCUT2D eigenvalue weighted by Crippen LogP contribution is -2.40. The largest absolute Gasteiger partial charge is 0.480 e. The number of carboxylic acid groups (broad SMARTS) is 1. The fraction of sp³-hybridized carbons (Fsp3) is 0.500. The van der Waals surface area contributed by atoms with Gasteiger partial charge in [0.15, 0.2) is 0 Å². The molecule has 0 heterocycles. The molecule has 0 saturated heterocycles. The number of rotatable bonds is 6. The molecule has 0 saturated carbocycles. The third-order valence-corrected chi connectivity index (χ3v) is 3.25. The standard InChI is InChI=1S/C16H23NO3/c1-10(2)9-13-5-7-14(8-6-13)11(3)15(18)17-12(4)16(19)20/h5-8,10-12H,9H2,1-4H3,(H,17,18)(H,19,20)/t11-,12+/m0/s1. The SMILES string of the molecule is CC(C)Cc1ccc([C@H](C)C(=O)N[C@H](C)C(=O)O)cc1. The maximum Gasteiger partial charge on any atom is 0.325 e. The number of carbonyl (C=O) groups is 2. The smallest absolute Gasteiger partial charge is 0.325 e. The van der Waals surface area contributed by atoms with Gasteiger partial charge in [0.1, 0.15) is 6.04 Å². The van der Waals surface area contributed by atoms with Crippen LogP contribution >= 0.6 is 0 Å². The third-order valence-electron chi connectivity index (χ3n) is 3.25.